The molecule has 0 aromatic heterocycles. The summed E-state index contributed by atoms with van der Waals surface area (Å²) in [6.07, 6.45) is 10.8. The number of carbonyl (C=O) groups is 1. The predicted molar refractivity (Wildman–Crippen MR) is 122 cm³/mol. The number of halogens is 1. The van der Waals surface area contributed by atoms with Gasteiger partial charge in [0.05, 0.1) is 5.92 Å². The first-order valence-electron chi connectivity index (χ1n) is 12.1. The van der Waals surface area contributed by atoms with Crippen LogP contribution in [0.1, 0.15) is 76.2 Å². The highest BCUT2D eigenvalue weighted by atomic mass is 19.1. The second-order valence-corrected chi connectivity index (χ2v) is 9.81. The molecule has 0 saturated heterocycles. The number of rotatable bonds is 6. The summed E-state index contributed by atoms with van der Waals surface area (Å²) >= 11 is 0. The Bertz CT molecular complexity index is 816. The van der Waals surface area contributed by atoms with E-state index in [0.29, 0.717) is 11.7 Å². The van der Waals surface area contributed by atoms with E-state index in [2.05, 4.69) is 37.3 Å². The van der Waals surface area contributed by atoms with Gasteiger partial charge in [-0.1, -0.05) is 50.1 Å². The molecule has 31 heavy (non-hydrogen) atoms. The van der Waals surface area contributed by atoms with Crippen molar-refractivity contribution >= 4 is 5.97 Å². The molecule has 2 nitrogen and oxygen atoms in total. The molecule has 166 valence electrons. The van der Waals surface area contributed by atoms with E-state index >= 15 is 0 Å². The summed E-state index contributed by atoms with van der Waals surface area (Å²) < 4.78 is 18.5. The Balaban J connectivity index is 1.18. The Hall–Kier alpha value is -2.16. The van der Waals surface area contributed by atoms with Gasteiger partial charge >= 0.3 is 5.97 Å². The molecule has 0 spiro atoms. The van der Waals surface area contributed by atoms with E-state index in [-0.39, 0.29) is 17.7 Å². The van der Waals surface area contributed by atoms with Crippen LogP contribution in [0.3, 0.4) is 0 Å². The number of benzene rings is 2. The van der Waals surface area contributed by atoms with Crippen molar-refractivity contribution in [1.82, 2.24) is 0 Å². The lowest BCUT2D eigenvalue weighted by atomic mass is 9.68. The third-order valence-electron chi connectivity index (χ3n) is 7.75. The molecule has 1 atom stereocenters. The van der Waals surface area contributed by atoms with Crippen molar-refractivity contribution in [3.8, 4) is 5.75 Å². The van der Waals surface area contributed by atoms with Crippen molar-refractivity contribution in [2.45, 2.75) is 70.6 Å². The second kappa shape index (κ2) is 10.4. The molecular formula is C28H35FO2. The number of ether oxygens (including phenoxy) is 1. The standard InChI is InChI=1S/C28H35FO2/c1-20(22-5-3-2-4-6-22)19-21-7-9-23(10-8-21)24-11-13-25(14-12-24)28(30)31-27-17-15-26(29)16-18-27/h2-6,15-18,20-21,23-25H,7-14,19H2,1H3/t20-,21?,23?,24?,25?/m0/s1. The number of esters is 1. The quantitative estimate of drug-likeness (QED) is 0.355. The molecule has 0 amide bonds. The van der Waals surface area contributed by atoms with E-state index in [4.69, 9.17) is 4.74 Å². The van der Waals surface area contributed by atoms with Crippen molar-refractivity contribution in [1.29, 1.82) is 0 Å². The van der Waals surface area contributed by atoms with Crippen molar-refractivity contribution in [2.24, 2.45) is 23.7 Å². The van der Waals surface area contributed by atoms with Crippen LogP contribution in [0.25, 0.3) is 0 Å². The van der Waals surface area contributed by atoms with Crippen LogP contribution in [0.4, 0.5) is 4.39 Å². The second-order valence-electron chi connectivity index (χ2n) is 9.81. The average Bonchev–Trinajstić information content (AvgIpc) is 2.82. The first-order chi connectivity index (χ1) is 15.1. The monoisotopic (exact) mass is 422 g/mol. The van der Waals surface area contributed by atoms with Gasteiger partial charge in [-0.05, 0) is 98.4 Å². The van der Waals surface area contributed by atoms with Crippen molar-refractivity contribution in [3.63, 3.8) is 0 Å². The number of hydrogen-bond acceptors (Lipinski definition) is 2. The van der Waals surface area contributed by atoms with E-state index < -0.39 is 0 Å². The minimum atomic E-state index is -0.315. The molecule has 2 aromatic rings. The van der Waals surface area contributed by atoms with Crippen LogP contribution >= 0.6 is 0 Å². The fourth-order valence-corrected chi connectivity index (χ4v) is 5.84. The Morgan fingerprint density at radius 1 is 0.871 bits per heavy atom. The molecule has 3 heteroatoms. The lowest BCUT2D eigenvalue weighted by Crippen LogP contribution is -2.30. The summed E-state index contributed by atoms with van der Waals surface area (Å²) in [6, 6.07) is 16.6. The van der Waals surface area contributed by atoms with Crippen molar-refractivity contribution in [3.05, 3.63) is 66.0 Å². The Kier molecular flexibility index (Phi) is 7.42. The van der Waals surface area contributed by atoms with Crippen LogP contribution in [0.5, 0.6) is 5.75 Å². The van der Waals surface area contributed by atoms with E-state index in [1.54, 1.807) is 0 Å². The van der Waals surface area contributed by atoms with Crippen LogP contribution in [-0.4, -0.2) is 5.97 Å². The molecule has 2 fully saturated rings. The zero-order valence-electron chi connectivity index (χ0n) is 18.6. The molecular weight excluding hydrogens is 387 g/mol. The number of carbonyl (C=O) groups excluding carboxylic acids is 1. The summed E-state index contributed by atoms with van der Waals surface area (Å²) in [6.45, 7) is 2.37. The highest BCUT2D eigenvalue weighted by Gasteiger charge is 2.34. The summed E-state index contributed by atoms with van der Waals surface area (Å²) in [5.74, 6) is 3.06. The summed E-state index contributed by atoms with van der Waals surface area (Å²) in [4.78, 5) is 12.5. The van der Waals surface area contributed by atoms with Gasteiger partial charge in [-0.15, -0.1) is 0 Å². The Morgan fingerprint density at radius 2 is 1.45 bits per heavy atom. The minimum absolute atomic E-state index is 0.00985. The third kappa shape index (κ3) is 5.96. The molecule has 0 aliphatic heterocycles. The van der Waals surface area contributed by atoms with Crippen molar-refractivity contribution in [2.75, 3.05) is 0 Å². The smallest absolute Gasteiger partial charge is 0.314 e. The van der Waals surface area contributed by atoms with Crippen LogP contribution in [0.2, 0.25) is 0 Å². The maximum Gasteiger partial charge on any atom is 0.314 e. The van der Waals surface area contributed by atoms with E-state index in [9.17, 15) is 9.18 Å². The summed E-state index contributed by atoms with van der Waals surface area (Å²) in [5, 5.41) is 0. The molecule has 0 unspecified atom stereocenters. The van der Waals surface area contributed by atoms with Gasteiger partial charge in [-0.2, -0.15) is 0 Å². The van der Waals surface area contributed by atoms with Gasteiger partial charge in [0.15, 0.2) is 0 Å². The largest absolute Gasteiger partial charge is 0.426 e. The van der Waals surface area contributed by atoms with Crippen LogP contribution in [0, 0.1) is 29.5 Å². The molecule has 2 aliphatic rings. The highest BCUT2D eigenvalue weighted by molar-refractivity contribution is 5.75. The Morgan fingerprint density at radius 3 is 2.06 bits per heavy atom. The van der Waals surface area contributed by atoms with Gasteiger partial charge in [-0.3, -0.25) is 4.79 Å². The van der Waals surface area contributed by atoms with Gasteiger partial charge in [0.25, 0.3) is 0 Å². The van der Waals surface area contributed by atoms with E-state index in [0.717, 1.165) is 43.4 Å². The van der Waals surface area contributed by atoms with E-state index in [1.165, 1.54) is 61.9 Å². The average molecular weight is 423 g/mol. The van der Waals surface area contributed by atoms with Gasteiger partial charge < -0.3 is 4.74 Å². The maximum atomic E-state index is 13.0. The lowest BCUT2D eigenvalue weighted by Gasteiger charge is -2.38. The first-order valence-corrected chi connectivity index (χ1v) is 12.1. The van der Waals surface area contributed by atoms with Crippen LogP contribution in [0.15, 0.2) is 54.6 Å². The van der Waals surface area contributed by atoms with Gasteiger partial charge in [-0.25, -0.2) is 4.39 Å². The minimum Gasteiger partial charge on any atom is -0.426 e. The highest BCUT2D eigenvalue weighted by Crippen LogP contribution is 2.43. The molecule has 0 bridgehead atoms. The normalized spacial score (nSPS) is 27.4. The maximum absolute atomic E-state index is 13.0. The first kappa shape index (κ1) is 22.0. The van der Waals surface area contributed by atoms with Gasteiger partial charge in [0.2, 0.25) is 0 Å². The van der Waals surface area contributed by atoms with Gasteiger partial charge in [0, 0.05) is 0 Å². The zero-order chi connectivity index (χ0) is 21.6. The van der Waals surface area contributed by atoms with E-state index in [1.807, 2.05) is 0 Å². The fourth-order valence-electron chi connectivity index (χ4n) is 5.84. The SMILES string of the molecule is C[C@@H](CC1CCC(C2CCC(C(=O)Oc3ccc(F)cc3)CC2)CC1)c1ccccc1. The molecule has 2 saturated carbocycles. The molecule has 2 aliphatic carbocycles. The fraction of sp³-hybridized carbons (Fsp3) is 0.536. The third-order valence-corrected chi connectivity index (χ3v) is 7.75. The summed E-state index contributed by atoms with van der Waals surface area (Å²) in [7, 11) is 0. The zero-order valence-corrected chi connectivity index (χ0v) is 18.6. The van der Waals surface area contributed by atoms with Crippen LogP contribution in [-0.2, 0) is 4.79 Å². The molecule has 2 aromatic carbocycles. The molecule has 4 rings (SSSR count). The van der Waals surface area contributed by atoms with Gasteiger partial charge in [0.1, 0.15) is 11.6 Å². The lowest BCUT2D eigenvalue weighted by molar-refractivity contribution is -0.140. The Labute approximate surface area is 186 Å². The summed E-state index contributed by atoms with van der Waals surface area (Å²) in [5.41, 5.74) is 1.47. The molecule has 0 heterocycles. The van der Waals surface area contributed by atoms with Crippen molar-refractivity contribution < 1.29 is 13.9 Å². The molecule has 0 N–H and O–H groups in total. The van der Waals surface area contributed by atoms with Crippen LogP contribution < -0.4 is 4.74 Å². The number of hydrogen-bond donors (Lipinski definition) is 0. The topological polar surface area (TPSA) is 26.3 Å². The predicted octanol–water partition coefficient (Wildman–Crippen LogP) is 7.54. The molecule has 0 radical (unpaired) electrons.